The number of hydrogen-bond acceptors (Lipinski definition) is 4. The summed E-state index contributed by atoms with van der Waals surface area (Å²) in [6, 6.07) is 10.7. The highest BCUT2D eigenvalue weighted by Crippen LogP contribution is 2.22. The van der Waals surface area contributed by atoms with E-state index >= 15 is 0 Å². The van der Waals surface area contributed by atoms with Crippen LogP contribution in [0.15, 0.2) is 42.9 Å². The number of methoxy groups -OCH3 is 1. The van der Waals surface area contributed by atoms with Crippen LogP contribution in [0.25, 0.3) is 11.5 Å². The van der Waals surface area contributed by atoms with Crippen LogP contribution in [-0.2, 0) is 6.54 Å². The van der Waals surface area contributed by atoms with Crippen molar-refractivity contribution in [3.8, 4) is 17.5 Å². The SMILES string of the molecule is COc1ncc2ncnc-2n1Cc1ccccc1. The van der Waals surface area contributed by atoms with E-state index in [9.17, 15) is 0 Å². The third kappa shape index (κ3) is 1.79. The van der Waals surface area contributed by atoms with Crippen LogP contribution >= 0.6 is 0 Å². The molecule has 2 aliphatic heterocycles. The smallest absolute Gasteiger partial charge is 0.297 e. The van der Waals surface area contributed by atoms with Crippen molar-refractivity contribution in [2.45, 2.75) is 6.54 Å². The summed E-state index contributed by atoms with van der Waals surface area (Å²) in [7, 11) is 1.60. The number of benzene rings is 1. The minimum absolute atomic E-state index is 0.534. The van der Waals surface area contributed by atoms with Crippen molar-refractivity contribution in [1.29, 1.82) is 0 Å². The fourth-order valence-electron chi connectivity index (χ4n) is 1.92. The largest absolute Gasteiger partial charge is 0.468 e. The van der Waals surface area contributed by atoms with Crippen LogP contribution in [0.5, 0.6) is 6.01 Å². The molecule has 0 atom stereocenters. The number of hydrogen-bond donors (Lipinski definition) is 0. The zero-order chi connectivity index (χ0) is 12.4. The van der Waals surface area contributed by atoms with Crippen LogP contribution in [0, 0.1) is 0 Å². The van der Waals surface area contributed by atoms with E-state index in [1.165, 1.54) is 6.33 Å². The van der Waals surface area contributed by atoms with E-state index in [1.54, 1.807) is 13.3 Å². The molecule has 0 aliphatic carbocycles. The van der Waals surface area contributed by atoms with Gasteiger partial charge >= 0.3 is 0 Å². The van der Waals surface area contributed by atoms with Gasteiger partial charge in [0.15, 0.2) is 5.82 Å². The van der Waals surface area contributed by atoms with Crippen LogP contribution < -0.4 is 4.74 Å². The molecule has 0 fully saturated rings. The maximum absolute atomic E-state index is 5.28. The summed E-state index contributed by atoms with van der Waals surface area (Å²) in [4.78, 5) is 12.6. The molecule has 18 heavy (non-hydrogen) atoms. The van der Waals surface area contributed by atoms with Gasteiger partial charge in [-0.2, -0.15) is 0 Å². The Labute approximate surface area is 104 Å². The Kier molecular flexibility index (Phi) is 2.64. The second-order valence-electron chi connectivity index (χ2n) is 3.90. The summed E-state index contributed by atoms with van der Waals surface area (Å²) >= 11 is 0. The average Bonchev–Trinajstić information content (AvgIpc) is 2.89. The average molecular weight is 240 g/mol. The highest BCUT2D eigenvalue weighted by Gasteiger charge is 2.15. The Bertz CT molecular complexity index is 620. The van der Waals surface area contributed by atoms with E-state index < -0.39 is 0 Å². The van der Waals surface area contributed by atoms with Gasteiger partial charge in [-0.15, -0.1) is 0 Å². The lowest BCUT2D eigenvalue weighted by Crippen LogP contribution is -2.10. The summed E-state index contributed by atoms with van der Waals surface area (Å²) in [5.41, 5.74) is 1.94. The molecule has 0 aromatic heterocycles. The molecule has 3 rings (SSSR count). The first-order chi connectivity index (χ1) is 8.88. The first-order valence-corrected chi connectivity index (χ1v) is 5.62. The molecule has 0 radical (unpaired) electrons. The third-order valence-corrected chi connectivity index (χ3v) is 2.76. The fraction of sp³-hybridized carbons (Fsp3) is 0.154. The Balaban J connectivity index is 2.07. The molecule has 0 saturated heterocycles. The van der Waals surface area contributed by atoms with E-state index in [0.717, 1.165) is 17.1 Å². The Morgan fingerprint density at radius 3 is 2.72 bits per heavy atom. The standard InChI is InChI=1S/C13H12N4O/c1-18-13-14-7-11-12(16-9-15-11)17(13)8-10-5-3-2-4-6-10/h2-7,9H,8H2,1H3. The molecular weight excluding hydrogens is 228 g/mol. The summed E-state index contributed by atoms with van der Waals surface area (Å²) in [5.74, 6) is 0.783. The Hall–Kier alpha value is -2.43. The monoisotopic (exact) mass is 240 g/mol. The molecule has 2 aliphatic rings. The molecule has 0 saturated carbocycles. The first-order valence-electron chi connectivity index (χ1n) is 5.62. The summed E-state index contributed by atoms with van der Waals surface area (Å²) < 4.78 is 7.19. The van der Waals surface area contributed by atoms with Crippen LogP contribution in [0.4, 0.5) is 0 Å². The highest BCUT2D eigenvalue weighted by atomic mass is 16.5. The van der Waals surface area contributed by atoms with Gasteiger partial charge in [-0.3, -0.25) is 4.57 Å². The minimum atomic E-state index is 0.534. The summed E-state index contributed by atoms with van der Waals surface area (Å²) in [6.45, 7) is 0.660. The van der Waals surface area contributed by atoms with Gasteiger partial charge in [0, 0.05) is 0 Å². The van der Waals surface area contributed by atoms with E-state index in [-0.39, 0.29) is 0 Å². The zero-order valence-electron chi connectivity index (χ0n) is 9.95. The minimum Gasteiger partial charge on any atom is -0.468 e. The Morgan fingerprint density at radius 1 is 1.11 bits per heavy atom. The lowest BCUT2D eigenvalue weighted by atomic mass is 10.2. The van der Waals surface area contributed by atoms with Gasteiger partial charge in [0.1, 0.15) is 12.0 Å². The predicted octanol–water partition coefficient (Wildman–Crippen LogP) is 1.83. The maximum Gasteiger partial charge on any atom is 0.297 e. The molecule has 5 nitrogen and oxygen atoms in total. The lowest BCUT2D eigenvalue weighted by molar-refractivity contribution is 0.354. The molecule has 0 unspecified atom stereocenters. The van der Waals surface area contributed by atoms with Crippen molar-refractivity contribution < 1.29 is 4.74 Å². The number of ether oxygens (including phenoxy) is 1. The van der Waals surface area contributed by atoms with Gasteiger partial charge in [-0.1, -0.05) is 30.3 Å². The van der Waals surface area contributed by atoms with Crippen molar-refractivity contribution in [3.05, 3.63) is 48.4 Å². The van der Waals surface area contributed by atoms with Crippen LogP contribution in [0.1, 0.15) is 5.56 Å². The normalized spacial score (nSPS) is 10.7. The second kappa shape index (κ2) is 4.44. The Morgan fingerprint density at radius 2 is 1.94 bits per heavy atom. The zero-order valence-corrected chi connectivity index (χ0v) is 9.95. The van der Waals surface area contributed by atoms with Gasteiger partial charge in [0.25, 0.3) is 6.01 Å². The predicted molar refractivity (Wildman–Crippen MR) is 66.5 cm³/mol. The topological polar surface area (TPSA) is 52.8 Å². The van der Waals surface area contributed by atoms with Gasteiger partial charge < -0.3 is 4.74 Å². The van der Waals surface area contributed by atoms with E-state index in [4.69, 9.17) is 4.74 Å². The molecule has 0 amide bonds. The summed E-state index contributed by atoms with van der Waals surface area (Å²) in [5, 5.41) is 0. The molecule has 5 heteroatoms. The lowest BCUT2D eigenvalue weighted by Gasteiger charge is -2.14. The maximum atomic E-state index is 5.28. The number of rotatable bonds is 3. The summed E-state index contributed by atoms with van der Waals surface area (Å²) in [6.07, 6.45) is 3.20. The number of fused-ring (bicyclic) bond motifs is 1. The quantitative estimate of drug-likeness (QED) is 0.701. The highest BCUT2D eigenvalue weighted by molar-refractivity contribution is 5.50. The number of aromatic nitrogens is 4. The molecule has 0 bridgehead atoms. The molecular formula is C13H12N4O. The van der Waals surface area contributed by atoms with Crippen molar-refractivity contribution in [2.24, 2.45) is 0 Å². The number of imidazole rings is 1. The molecule has 90 valence electrons. The first kappa shape index (κ1) is 10.7. The molecule has 0 N–H and O–H groups in total. The van der Waals surface area contributed by atoms with Crippen LogP contribution in [-0.4, -0.2) is 26.6 Å². The van der Waals surface area contributed by atoms with Crippen molar-refractivity contribution in [2.75, 3.05) is 7.11 Å². The molecule has 1 aromatic carbocycles. The van der Waals surface area contributed by atoms with Crippen molar-refractivity contribution in [1.82, 2.24) is 19.5 Å². The van der Waals surface area contributed by atoms with Crippen LogP contribution in [0.2, 0.25) is 0 Å². The molecule has 0 spiro atoms. The van der Waals surface area contributed by atoms with Crippen LogP contribution in [0.3, 0.4) is 0 Å². The second-order valence-corrected chi connectivity index (χ2v) is 3.90. The van der Waals surface area contributed by atoms with Gasteiger partial charge in [0.2, 0.25) is 0 Å². The fourth-order valence-corrected chi connectivity index (χ4v) is 1.92. The van der Waals surface area contributed by atoms with E-state index in [0.29, 0.717) is 12.6 Å². The number of nitrogens with zero attached hydrogens (tertiary/aromatic N) is 4. The van der Waals surface area contributed by atoms with Crippen molar-refractivity contribution >= 4 is 0 Å². The van der Waals surface area contributed by atoms with Gasteiger partial charge in [-0.25, -0.2) is 15.0 Å². The molecule has 1 aromatic rings. The molecule has 2 heterocycles. The van der Waals surface area contributed by atoms with Crippen molar-refractivity contribution in [3.63, 3.8) is 0 Å². The van der Waals surface area contributed by atoms with E-state index in [1.807, 2.05) is 22.8 Å². The third-order valence-electron chi connectivity index (χ3n) is 2.76. The van der Waals surface area contributed by atoms with E-state index in [2.05, 4.69) is 27.1 Å². The van der Waals surface area contributed by atoms with Gasteiger partial charge in [0.05, 0.1) is 19.9 Å². The van der Waals surface area contributed by atoms with Gasteiger partial charge in [-0.05, 0) is 5.56 Å².